The first-order valence-electron chi connectivity index (χ1n) is 8.53. The summed E-state index contributed by atoms with van der Waals surface area (Å²) in [5.41, 5.74) is 2.13. The number of nitrogens with one attached hydrogen (secondary N) is 2. The molecule has 2 heterocycles. The molecule has 0 fully saturated rings. The zero-order valence-corrected chi connectivity index (χ0v) is 16.8. The van der Waals surface area contributed by atoms with E-state index < -0.39 is 0 Å². The van der Waals surface area contributed by atoms with Gasteiger partial charge in [0.2, 0.25) is 5.91 Å². The quantitative estimate of drug-likeness (QED) is 0.594. The number of halogens is 2. The first-order chi connectivity index (χ1) is 13.3. The predicted octanol–water partition coefficient (Wildman–Crippen LogP) is 2.14. The van der Waals surface area contributed by atoms with Gasteiger partial charge < -0.3 is 10.6 Å². The highest BCUT2D eigenvalue weighted by atomic mass is 35.5. The van der Waals surface area contributed by atoms with Gasteiger partial charge in [-0.2, -0.15) is 4.98 Å². The zero-order chi connectivity index (χ0) is 20.3. The smallest absolute Gasteiger partial charge is 0.252 e. The molecule has 0 bridgehead atoms. The van der Waals surface area contributed by atoms with Gasteiger partial charge >= 0.3 is 0 Å². The Morgan fingerprint density at radius 1 is 1.04 bits per heavy atom. The van der Waals surface area contributed by atoms with Crippen LogP contribution in [0.25, 0.3) is 5.78 Å². The van der Waals surface area contributed by atoms with Crippen molar-refractivity contribution in [3.8, 4) is 0 Å². The second-order valence-corrected chi connectivity index (χ2v) is 7.00. The van der Waals surface area contributed by atoms with Gasteiger partial charge in [-0.3, -0.25) is 9.59 Å². The molecule has 0 aliphatic heterocycles. The van der Waals surface area contributed by atoms with E-state index >= 15 is 0 Å². The highest BCUT2D eigenvalue weighted by Crippen LogP contribution is 2.22. The van der Waals surface area contributed by atoms with Crippen LogP contribution in [0.5, 0.6) is 0 Å². The molecule has 2 amide bonds. The second-order valence-electron chi connectivity index (χ2n) is 6.19. The minimum absolute atomic E-state index is 0.0303. The van der Waals surface area contributed by atoms with Crippen LogP contribution in [0.4, 0.5) is 0 Å². The summed E-state index contributed by atoms with van der Waals surface area (Å²) in [5.74, 6) is 0.313. The number of hydrogen-bond donors (Lipinski definition) is 2. The molecule has 0 aliphatic rings. The topological polar surface area (TPSA) is 101 Å². The molecule has 0 atom stereocenters. The standard InChI is InChI=1S/C18H18Cl2N6O2/c1-10-7-11(2)26-18(23-10)24-15(25-26)9-16(27)21-5-6-22-17(28)12-3-4-13(19)14(20)8-12/h3-4,7-8H,5-6,9H2,1-2H3,(H,21,27)(H,22,28). The van der Waals surface area contributed by atoms with Gasteiger partial charge in [0.15, 0.2) is 5.82 Å². The van der Waals surface area contributed by atoms with E-state index in [1.54, 1.807) is 16.6 Å². The Balaban J connectivity index is 1.47. The maximum atomic E-state index is 12.1. The van der Waals surface area contributed by atoms with Crippen LogP contribution in [-0.2, 0) is 11.2 Å². The summed E-state index contributed by atoms with van der Waals surface area (Å²) in [6, 6.07) is 6.52. The van der Waals surface area contributed by atoms with Gasteiger partial charge in [0.25, 0.3) is 11.7 Å². The minimum atomic E-state index is -0.299. The second kappa shape index (κ2) is 8.53. The van der Waals surface area contributed by atoms with Crippen molar-refractivity contribution in [1.82, 2.24) is 30.2 Å². The number of amides is 2. The third kappa shape index (κ3) is 4.76. The SMILES string of the molecule is Cc1cc(C)n2nc(CC(=O)NCCNC(=O)c3ccc(Cl)c(Cl)c3)nc2n1. The van der Waals surface area contributed by atoms with E-state index in [1.807, 2.05) is 19.9 Å². The van der Waals surface area contributed by atoms with Crippen LogP contribution < -0.4 is 10.6 Å². The Morgan fingerprint density at radius 2 is 1.79 bits per heavy atom. The number of carbonyl (C=O) groups is 2. The average Bonchev–Trinajstić information content (AvgIpc) is 3.03. The summed E-state index contributed by atoms with van der Waals surface area (Å²) in [6.45, 7) is 4.32. The molecule has 0 saturated heterocycles. The van der Waals surface area contributed by atoms with Crippen LogP contribution >= 0.6 is 23.2 Å². The van der Waals surface area contributed by atoms with Crippen molar-refractivity contribution in [2.45, 2.75) is 20.3 Å². The Kier molecular flexibility index (Phi) is 6.11. The lowest BCUT2D eigenvalue weighted by molar-refractivity contribution is -0.120. The van der Waals surface area contributed by atoms with E-state index in [9.17, 15) is 9.59 Å². The molecule has 2 N–H and O–H groups in total. The summed E-state index contributed by atoms with van der Waals surface area (Å²) in [5, 5.41) is 10.4. The van der Waals surface area contributed by atoms with Gasteiger partial charge in [-0.15, -0.1) is 5.10 Å². The Morgan fingerprint density at radius 3 is 2.54 bits per heavy atom. The highest BCUT2D eigenvalue weighted by molar-refractivity contribution is 6.42. The fourth-order valence-corrected chi connectivity index (χ4v) is 2.90. The van der Waals surface area contributed by atoms with Crippen molar-refractivity contribution < 1.29 is 9.59 Å². The lowest BCUT2D eigenvalue weighted by atomic mass is 10.2. The molecule has 10 heteroatoms. The van der Waals surface area contributed by atoms with Gasteiger partial charge in [0, 0.05) is 30.0 Å². The van der Waals surface area contributed by atoms with Crippen molar-refractivity contribution in [2.24, 2.45) is 0 Å². The third-order valence-corrected chi connectivity index (χ3v) is 4.63. The molecule has 0 spiro atoms. The lowest BCUT2D eigenvalue weighted by Gasteiger charge is -2.07. The number of nitrogens with zero attached hydrogens (tertiary/aromatic N) is 4. The van der Waals surface area contributed by atoms with E-state index in [1.165, 1.54) is 6.07 Å². The third-order valence-electron chi connectivity index (χ3n) is 3.90. The van der Waals surface area contributed by atoms with E-state index in [0.717, 1.165) is 11.4 Å². The van der Waals surface area contributed by atoms with Gasteiger partial charge in [0.1, 0.15) is 0 Å². The Bertz CT molecular complexity index is 1050. The number of carbonyl (C=O) groups excluding carboxylic acids is 2. The van der Waals surface area contributed by atoms with Crippen LogP contribution in [0.1, 0.15) is 27.6 Å². The number of rotatable bonds is 6. The number of aryl methyl sites for hydroxylation is 2. The monoisotopic (exact) mass is 420 g/mol. The molecule has 28 heavy (non-hydrogen) atoms. The molecular formula is C18H18Cl2N6O2. The van der Waals surface area contributed by atoms with Crippen molar-refractivity contribution in [1.29, 1.82) is 0 Å². The Hall–Kier alpha value is -2.71. The summed E-state index contributed by atoms with van der Waals surface area (Å²) in [4.78, 5) is 32.7. The first kappa shape index (κ1) is 20.0. The fourth-order valence-electron chi connectivity index (χ4n) is 2.61. The molecule has 0 aliphatic carbocycles. The van der Waals surface area contributed by atoms with Crippen LogP contribution in [0.2, 0.25) is 10.0 Å². The summed E-state index contributed by atoms with van der Waals surface area (Å²) in [6.07, 6.45) is 0.0303. The van der Waals surface area contributed by atoms with Crippen molar-refractivity contribution in [3.05, 3.63) is 57.1 Å². The minimum Gasteiger partial charge on any atom is -0.354 e. The molecule has 1 aromatic carbocycles. The largest absolute Gasteiger partial charge is 0.354 e. The van der Waals surface area contributed by atoms with Gasteiger partial charge in [0.05, 0.1) is 16.5 Å². The summed E-state index contributed by atoms with van der Waals surface area (Å²) < 4.78 is 1.60. The molecule has 3 aromatic rings. The van der Waals surface area contributed by atoms with E-state index in [4.69, 9.17) is 23.2 Å². The van der Waals surface area contributed by atoms with E-state index in [0.29, 0.717) is 27.2 Å². The summed E-state index contributed by atoms with van der Waals surface area (Å²) in [7, 11) is 0. The molecule has 2 aromatic heterocycles. The molecule has 146 valence electrons. The molecule has 0 saturated carbocycles. The van der Waals surface area contributed by atoms with Crippen LogP contribution in [0, 0.1) is 13.8 Å². The van der Waals surface area contributed by atoms with Crippen LogP contribution in [0.3, 0.4) is 0 Å². The molecule has 3 rings (SSSR count). The van der Waals surface area contributed by atoms with Crippen LogP contribution in [-0.4, -0.2) is 44.5 Å². The number of benzene rings is 1. The molecule has 0 unspecified atom stereocenters. The zero-order valence-electron chi connectivity index (χ0n) is 15.3. The van der Waals surface area contributed by atoms with Gasteiger partial charge in [-0.25, -0.2) is 9.50 Å². The normalized spacial score (nSPS) is 10.9. The van der Waals surface area contributed by atoms with E-state index in [-0.39, 0.29) is 31.3 Å². The molecule has 8 nitrogen and oxygen atoms in total. The number of hydrogen-bond acceptors (Lipinski definition) is 5. The number of aromatic nitrogens is 4. The molecule has 0 radical (unpaired) electrons. The maximum Gasteiger partial charge on any atom is 0.252 e. The number of fused-ring (bicyclic) bond motifs is 1. The van der Waals surface area contributed by atoms with Crippen molar-refractivity contribution in [3.63, 3.8) is 0 Å². The summed E-state index contributed by atoms with van der Waals surface area (Å²) >= 11 is 11.7. The van der Waals surface area contributed by atoms with Crippen LogP contribution in [0.15, 0.2) is 24.3 Å². The van der Waals surface area contributed by atoms with E-state index in [2.05, 4.69) is 25.7 Å². The highest BCUT2D eigenvalue weighted by Gasteiger charge is 2.12. The fraction of sp³-hybridized carbons (Fsp3) is 0.278. The average molecular weight is 421 g/mol. The molecular weight excluding hydrogens is 403 g/mol. The maximum absolute atomic E-state index is 12.1. The van der Waals surface area contributed by atoms with Gasteiger partial charge in [-0.1, -0.05) is 23.2 Å². The predicted molar refractivity (Wildman–Crippen MR) is 106 cm³/mol. The Labute approximate surface area is 171 Å². The lowest BCUT2D eigenvalue weighted by Crippen LogP contribution is -2.35. The van der Waals surface area contributed by atoms with Gasteiger partial charge in [-0.05, 0) is 38.1 Å². The van der Waals surface area contributed by atoms with Crippen molar-refractivity contribution in [2.75, 3.05) is 13.1 Å². The van der Waals surface area contributed by atoms with Crippen molar-refractivity contribution >= 4 is 40.8 Å². The first-order valence-corrected chi connectivity index (χ1v) is 9.29.